The maximum Gasteiger partial charge on any atom is -0.0320 e. The van der Waals surface area contributed by atoms with E-state index in [0.29, 0.717) is 0 Å². The summed E-state index contributed by atoms with van der Waals surface area (Å²) in [5.41, 5.74) is 2.90. The first-order valence-electron chi connectivity index (χ1n) is 6.19. The predicted octanol–water partition coefficient (Wildman–Crippen LogP) is 5.04. The third-order valence-corrected chi connectivity index (χ3v) is 3.13. The van der Waals surface area contributed by atoms with Crippen molar-refractivity contribution in [2.75, 3.05) is 0 Å². The molecule has 0 fully saturated rings. The van der Waals surface area contributed by atoms with Crippen LogP contribution in [-0.2, 0) is 0 Å². The number of hydrogen-bond acceptors (Lipinski definition) is 0. The summed E-state index contributed by atoms with van der Waals surface area (Å²) >= 11 is 0. The van der Waals surface area contributed by atoms with Crippen LogP contribution in [0.25, 0.3) is 0 Å². The van der Waals surface area contributed by atoms with E-state index in [4.69, 9.17) is 0 Å². The van der Waals surface area contributed by atoms with Crippen LogP contribution in [0.4, 0.5) is 0 Å². The molecule has 0 saturated heterocycles. The van der Waals surface area contributed by atoms with Crippen LogP contribution in [0.15, 0.2) is 35.5 Å². The van der Waals surface area contributed by atoms with Crippen LogP contribution < -0.4 is 0 Å². The summed E-state index contributed by atoms with van der Waals surface area (Å²) in [6, 6.07) is 0. The second-order valence-corrected chi connectivity index (χ2v) is 4.90. The molecule has 15 heavy (non-hydrogen) atoms. The topological polar surface area (TPSA) is 0 Å². The molecule has 0 aromatic rings. The van der Waals surface area contributed by atoms with E-state index < -0.39 is 0 Å². The highest BCUT2D eigenvalue weighted by atomic mass is 14.1. The lowest BCUT2D eigenvalue weighted by Crippen LogP contribution is -1.94. The Balaban J connectivity index is 2.64. The summed E-state index contributed by atoms with van der Waals surface area (Å²) in [6.07, 6.45) is 15.6. The average molecular weight is 204 g/mol. The minimum Gasteiger partial charge on any atom is -0.0816 e. The Morgan fingerprint density at radius 3 is 2.80 bits per heavy atom. The number of allylic oxidation sites excluding steroid dienone is 6. The Hall–Kier alpha value is -0.780. The molecule has 1 unspecified atom stereocenters. The van der Waals surface area contributed by atoms with Crippen molar-refractivity contribution in [1.29, 1.82) is 0 Å². The number of hydrogen-bond donors (Lipinski definition) is 0. The molecule has 84 valence electrons. The highest BCUT2D eigenvalue weighted by Gasteiger charge is 2.01. The normalized spacial score (nSPS) is 28.3. The largest absolute Gasteiger partial charge is 0.0816 e. The lowest BCUT2D eigenvalue weighted by Gasteiger charge is -2.10. The maximum atomic E-state index is 2.38. The molecule has 0 heterocycles. The molecular weight excluding hydrogens is 180 g/mol. The van der Waals surface area contributed by atoms with Crippen LogP contribution in [0, 0.1) is 5.92 Å². The molecule has 0 aromatic carbocycles. The van der Waals surface area contributed by atoms with Crippen molar-refractivity contribution in [3.63, 3.8) is 0 Å². The van der Waals surface area contributed by atoms with Gasteiger partial charge in [-0.1, -0.05) is 48.8 Å². The van der Waals surface area contributed by atoms with E-state index in [1.807, 2.05) is 0 Å². The first kappa shape index (κ1) is 12.3. The van der Waals surface area contributed by atoms with Gasteiger partial charge in [0.2, 0.25) is 0 Å². The number of rotatable bonds is 0. The zero-order valence-electron chi connectivity index (χ0n) is 10.4. The molecule has 0 aliphatic heterocycles. The standard InChI is InChI=1S/C15H24/c1-13-7-4-9-14(2)11-6-12-15(3)10-5-8-13/h4,7-9,15H,5-6,10-12H2,1-3H3/b7-4?,13-8?,14-9+. The molecule has 0 bridgehead atoms. The molecule has 1 rings (SSSR count). The SMILES string of the molecule is CC1=CCCC(C)CCC/C(C)=C/C=C1. The van der Waals surface area contributed by atoms with Crippen LogP contribution in [0.2, 0.25) is 0 Å². The van der Waals surface area contributed by atoms with Crippen LogP contribution in [0.1, 0.15) is 52.9 Å². The molecule has 0 heteroatoms. The van der Waals surface area contributed by atoms with E-state index in [2.05, 4.69) is 45.1 Å². The van der Waals surface area contributed by atoms with Gasteiger partial charge in [0.25, 0.3) is 0 Å². The van der Waals surface area contributed by atoms with E-state index in [1.54, 1.807) is 0 Å². The van der Waals surface area contributed by atoms with Crippen LogP contribution >= 0.6 is 0 Å². The van der Waals surface area contributed by atoms with E-state index in [0.717, 1.165) is 5.92 Å². The van der Waals surface area contributed by atoms with Gasteiger partial charge >= 0.3 is 0 Å². The lowest BCUT2D eigenvalue weighted by atomic mass is 9.96. The average Bonchev–Trinajstić information content (AvgIpc) is 2.16. The fourth-order valence-corrected chi connectivity index (χ4v) is 1.98. The fraction of sp³-hybridized carbons (Fsp3) is 0.600. The van der Waals surface area contributed by atoms with Gasteiger partial charge in [-0.2, -0.15) is 0 Å². The van der Waals surface area contributed by atoms with Crippen LogP contribution in [0.5, 0.6) is 0 Å². The molecule has 0 amide bonds. The quantitative estimate of drug-likeness (QED) is 0.519. The van der Waals surface area contributed by atoms with Gasteiger partial charge < -0.3 is 0 Å². The summed E-state index contributed by atoms with van der Waals surface area (Å²) in [7, 11) is 0. The Morgan fingerprint density at radius 2 is 2.00 bits per heavy atom. The van der Waals surface area contributed by atoms with Crippen molar-refractivity contribution in [1.82, 2.24) is 0 Å². The smallest absolute Gasteiger partial charge is 0.0320 e. The molecule has 1 atom stereocenters. The molecule has 0 nitrogen and oxygen atoms in total. The Bertz CT molecular complexity index is 266. The van der Waals surface area contributed by atoms with Crippen molar-refractivity contribution >= 4 is 0 Å². The summed E-state index contributed by atoms with van der Waals surface area (Å²) in [4.78, 5) is 0. The third kappa shape index (κ3) is 5.61. The van der Waals surface area contributed by atoms with E-state index in [1.165, 1.54) is 43.3 Å². The molecule has 0 spiro atoms. The van der Waals surface area contributed by atoms with E-state index in [9.17, 15) is 0 Å². The van der Waals surface area contributed by atoms with Crippen molar-refractivity contribution in [3.05, 3.63) is 35.5 Å². The Labute approximate surface area is 94.8 Å². The highest BCUT2D eigenvalue weighted by molar-refractivity contribution is 5.22. The van der Waals surface area contributed by atoms with Crippen molar-refractivity contribution < 1.29 is 0 Å². The molecular formula is C15H24. The highest BCUT2D eigenvalue weighted by Crippen LogP contribution is 2.18. The maximum absolute atomic E-state index is 2.38. The summed E-state index contributed by atoms with van der Waals surface area (Å²) in [5, 5.41) is 0. The first-order valence-corrected chi connectivity index (χ1v) is 6.19. The van der Waals surface area contributed by atoms with Gasteiger partial charge in [-0.25, -0.2) is 0 Å². The fourth-order valence-electron chi connectivity index (χ4n) is 1.98. The van der Waals surface area contributed by atoms with Crippen molar-refractivity contribution in [2.45, 2.75) is 52.9 Å². The molecule has 0 radical (unpaired) electrons. The lowest BCUT2D eigenvalue weighted by molar-refractivity contribution is 0.478. The minimum atomic E-state index is 0.880. The predicted molar refractivity (Wildman–Crippen MR) is 68.9 cm³/mol. The molecule has 0 saturated carbocycles. The van der Waals surface area contributed by atoms with Crippen molar-refractivity contribution in [3.8, 4) is 0 Å². The van der Waals surface area contributed by atoms with Gasteiger partial charge in [-0.15, -0.1) is 0 Å². The first-order chi connectivity index (χ1) is 7.18. The van der Waals surface area contributed by atoms with Gasteiger partial charge in [0.15, 0.2) is 0 Å². The minimum absolute atomic E-state index is 0.880. The van der Waals surface area contributed by atoms with Gasteiger partial charge in [0.1, 0.15) is 0 Å². The van der Waals surface area contributed by atoms with Crippen molar-refractivity contribution in [2.24, 2.45) is 5.92 Å². The second kappa shape index (κ2) is 6.66. The zero-order chi connectivity index (χ0) is 11.1. The van der Waals surface area contributed by atoms with Crippen LogP contribution in [0.3, 0.4) is 0 Å². The van der Waals surface area contributed by atoms with E-state index >= 15 is 0 Å². The molecule has 0 aromatic heterocycles. The van der Waals surface area contributed by atoms with Gasteiger partial charge in [0, 0.05) is 0 Å². The summed E-state index contributed by atoms with van der Waals surface area (Å²) in [5.74, 6) is 0.880. The van der Waals surface area contributed by atoms with E-state index in [-0.39, 0.29) is 0 Å². The Kier molecular flexibility index (Phi) is 5.45. The zero-order valence-corrected chi connectivity index (χ0v) is 10.4. The molecule has 1 aliphatic carbocycles. The summed E-state index contributed by atoms with van der Waals surface area (Å²) < 4.78 is 0. The van der Waals surface area contributed by atoms with Gasteiger partial charge in [-0.3, -0.25) is 0 Å². The Morgan fingerprint density at radius 1 is 1.20 bits per heavy atom. The molecule has 0 N–H and O–H groups in total. The third-order valence-electron chi connectivity index (χ3n) is 3.13. The van der Waals surface area contributed by atoms with Gasteiger partial charge in [0.05, 0.1) is 0 Å². The monoisotopic (exact) mass is 204 g/mol. The second-order valence-electron chi connectivity index (χ2n) is 4.90. The van der Waals surface area contributed by atoms with Crippen LogP contribution in [-0.4, -0.2) is 0 Å². The van der Waals surface area contributed by atoms with Gasteiger partial charge in [-0.05, 0) is 45.4 Å². The molecule has 1 aliphatic rings. The summed E-state index contributed by atoms with van der Waals surface area (Å²) in [6.45, 7) is 6.81.